The van der Waals surface area contributed by atoms with E-state index >= 15 is 0 Å². The molecule has 0 N–H and O–H groups in total. The number of nitrogens with zero attached hydrogens (tertiary/aromatic N) is 1. The van der Waals surface area contributed by atoms with E-state index in [0.717, 1.165) is 19.1 Å². The van der Waals surface area contributed by atoms with E-state index in [4.69, 9.17) is 13.7 Å². The van der Waals surface area contributed by atoms with E-state index in [-0.39, 0.29) is 18.8 Å². The van der Waals surface area contributed by atoms with Crippen LogP contribution in [0.2, 0.25) is 0 Å². The van der Waals surface area contributed by atoms with Gasteiger partial charge in [0.1, 0.15) is 0 Å². The van der Waals surface area contributed by atoms with Crippen LogP contribution in [0.15, 0.2) is 0 Å². The third-order valence-electron chi connectivity index (χ3n) is 3.14. The van der Waals surface area contributed by atoms with Crippen molar-refractivity contribution in [2.75, 3.05) is 33.1 Å². The molecule has 7 nitrogen and oxygen atoms in total. The van der Waals surface area contributed by atoms with Crippen molar-refractivity contribution in [2.24, 2.45) is 0 Å². The van der Waals surface area contributed by atoms with Crippen molar-refractivity contribution in [3.63, 3.8) is 0 Å². The fraction of sp³-hybridized carbons (Fsp3) is 0.917. The van der Waals surface area contributed by atoms with Gasteiger partial charge in [0.15, 0.2) is 0 Å². The molecule has 1 saturated heterocycles. The van der Waals surface area contributed by atoms with Gasteiger partial charge in [-0.05, 0) is 12.8 Å². The summed E-state index contributed by atoms with van der Waals surface area (Å²) in [7, 11) is -1.96. The SMILES string of the molecule is CCCCOC(=O)N1CC(OC)CC1COS(C)(=O)=O. The Morgan fingerprint density at radius 2 is 2.10 bits per heavy atom. The minimum atomic E-state index is -3.53. The Bertz CT molecular complexity index is 410. The van der Waals surface area contributed by atoms with Gasteiger partial charge in [-0.25, -0.2) is 4.79 Å². The second kappa shape index (κ2) is 7.80. The number of hydrogen-bond acceptors (Lipinski definition) is 6. The van der Waals surface area contributed by atoms with Gasteiger partial charge in [0.25, 0.3) is 10.1 Å². The Morgan fingerprint density at radius 3 is 2.65 bits per heavy atom. The van der Waals surface area contributed by atoms with Crippen LogP contribution >= 0.6 is 0 Å². The van der Waals surface area contributed by atoms with Crippen LogP contribution in [0.1, 0.15) is 26.2 Å². The van der Waals surface area contributed by atoms with Gasteiger partial charge in [-0.2, -0.15) is 8.42 Å². The Hall–Kier alpha value is -0.860. The predicted octanol–water partition coefficient (Wildman–Crippen LogP) is 0.989. The van der Waals surface area contributed by atoms with Crippen molar-refractivity contribution in [3.8, 4) is 0 Å². The molecule has 1 amide bonds. The van der Waals surface area contributed by atoms with Crippen LogP contribution in [0.5, 0.6) is 0 Å². The molecule has 8 heteroatoms. The van der Waals surface area contributed by atoms with Gasteiger partial charge in [-0.3, -0.25) is 4.18 Å². The third-order valence-corrected chi connectivity index (χ3v) is 3.71. The Labute approximate surface area is 120 Å². The zero-order valence-corrected chi connectivity index (χ0v) is 13.0. The zero-order valence-electron chi connectivity index (χ0n) is 12.2. The number of carbonyl (C=O) groups excluding carboxylic acids is 1. The van der Waals surface area contributed by atoms with E-state index in [1.807, 2.05) is 6.92 Å². The normalized spacial score (nSPS) is 23.1. The molecule has 0 radical (unpaired) electrons. The molecule has 20 heavy (non-hydrogen) atoms. The quantitative estimate of drug-likeness (QED) is 0.515. The van der Waals surface area contributed by atoms with E-state index in [2.05, 4.69) is 0 Å². The Morgan fingerprint density at radius 1 is 1.40 bits per heavy atom. The number of ether oxygens (including phenoxy) is 2. The van der Waals surface area contributed by atoms with Crippen LogP contribution in [-0.4, -0.2) is 64.7 Å². The first-order valence-electron chi connectivity index (χ1n) is 6.68. The average Bonchev–Trinajstić information content (AvgIpc) is 2.79. The summed E-state index contributed by atoms with van der Waals surface area (Å²) in [6.45, 7) is 2.69. The van der Waals surface area contributed by atoms with Gasteiger partial charge < -0.3 is 14.4 Å². The highest BCUT2D eigenvalue weighted by molar-refractivity contribution is 7.85. The standard InChI is InChI=1S/C12H23NO6S/c1-4-5-6-18-12(14)13-8-11(17-2)7-10(13)9-19-20(3,15)16/h10-11H,4-9H2,1-3H3. The number of unbranched alkanes of at least 4 members (excludes halogenated alkanes) is 1. The first-order valence-corrected chi connectivity index (χ1v) is 8.49. The van der Waals surface area contributed by atoms with E-state index in [0.29, 0.717) is 19.6 Å². The maximum Gasteiger partial charge on any atom is 0.410 e. The van der Waals surface area contributed by atoms with Crippen molar-refractivity contribution in [3.05, 3.63) is 0 Å². The van der Waals surface area contributed by atoms with Crippen molar-refractivity contribution in [1.29, 1.82) is 0 Å². The summed E-state index contributed by atoms with van der Waals surface area (Å²) in [4.78, 5) is 13.4. The van der Waals surface area contributed by atoms with Gasteiger partial charge in [0.05, 0.1) is 38.2 Å². The molecule has 1 aliphatic rings. The van der Waals surface area contributed by atoms with Gasteiger partial charge in [-0.1, -0.05) is 13.3 Å². The van der Waals surface area contributed by atoms with E-state index in [1.165, 1.54) is 4.90 Å². The van der Waals surface area contributed by atoms with Gasteiger partial charge in [-0.15, -0.1) is 0 Å². The molecular formula is C12H23NO6S. The van der Waals surface area contributed by atoms with Crippen LogP contribution in [-0.2, 0) is 23.8 Å². The summed E-state index contributed by atoms with van der Waals surface area (Å²) in [6, 6.07) is -0.344. The summed E-state index contributed by atoms with van der Waals surface area (Å²) in [5.74, 6) is 0. The van der Waals surface area contributed by atoms with Crippen LogP contribution in [0.4, 0.5) is 4.79 Å². The zero-order chi connectivity index (χ0) is 15.2. The van der Waals surface area contributed by atoms with Crippen LogP contribution in [0, 0.1) is 0 Å². The molecular weight excluding hydrogens is 286 g/mol. The molecule has 0 spiro atoms. The van der Waals surface area contributed by atoms with Crippen LogP contribution in [0.25, 0.3) is 0 Å². The summed E-state index contributed by atoms with van der Waals surface area (Å²) >= 11 is 0. The molecule has 0 aliphatic carbocycles. The summed E-state index contributed by atoms with van der Waals surface area (Å²) in [5, 5.41) is 0. The molecule has 2 unspecified atom stereocenters. The molecule has 1 aliphatic heterocycles. The molecule has 118 valence electrons. The maximum absolute atomic E-state index is 12.0. The molecule has 2 atom stereocenters. The number of likely N-dealkylation sites (tertiary alicyclic amines) is 1. The van der Waals surface area contributed by atoms with Crippen molar-refractivity contribution in [2.45, 2.75) is 38.3 Å². The second-order valence-corrected chi connectivity index (χ2v) is 6.50. The monoisotopic (exact) mass is 309 g/mol. The molecule has 0 aromatic carbocycles. The number of methoxy groups -OCH3 is 1. The van der Waals surface area contributed by atoms with Crippen LogP contribution in [0.3, 0.4) is 0 Å². The third kappa shape index (κ3) is 5.64. The molecule has 1 heterocycles. The fourth-order valence-corrected chi connectivity index (χ4v) is 2.42. The first-order chi connectivity index (χ1) is 9.37. The highest BCUT2D eigenvalue weighted by Gasteiger charge is 2.37. The van der Waals surface area contributed by atoms with E-state index in [9.17, 15) is 13.2 Å². The molecule has 1 rings (SSSR count). The molecule has 0 bridgehead atoms. The lowest BCUT2D eigenvalue weighted by atomic mass is 10.2. The molecule has 0 saturated carbocycles. The fourth-order valence-electron chi connectivity index (χ4n) is 2.01. The highest BCUT2D eigenvalue weighted by Crippen LogP contribution is 2.21. The molecule has 0 aromatic heterocycles. The van der Waals surface area contributed by atoms with Gasteiger partial charge in [0, 0.05) is 7.11 Å². The minimum Gasteiger partial charge on any atom is -0.449 e. The molecule has 0 aromatic rings. The smallest absolute Gasteiger partial charge is 0.410 e. The number of hydrogen-bond donors (Lipinski definition) is 0. The van der Waals surface area contributed by atoms with E-state index in [1.54, 1.807) is 7.11 Å². The Kier molecular flexibility index (Phi) is 6.70. The first kappa shape index (κ1) is 17.2. The lowest BCUT2D eigenvalue weighted by molar-refractivity contribution is 0.0791. The van der Waals surface area contributed by atoms with Crippen LogP contribution < -0.4 is 0 Å². The van der Waals surface area contributed by atoms with Crippen molar-refractivity contribution in [1.82, 2.24) is 4.90 Å². The average molecular weight is 309 g/mol. The summed E-state index contributed by atoms with van der Waals surface area (Å²) in [5.41, 5.74) is 0. The maximum atomic E-state index is 12.0. The minimum absolute atomic E-state index is 0.0679. The van der Waals surface area contributed by atoms with Crippen molar-refractivity contribution < 1.29 is 26.9 Å². The predicted molar refractivity (Wildman–Crippen MR) is 73.0 cm³/mol. The highest BCUT2D eigenvalue weighted by atomic mass is 32.2. The second-order valence-electron chi connectivity index (χ2n) is 4.86. The molecule has 1 fully saturated rings. The number of carbonyl (C=O) groups is 1. The summed E-state index contributed by atoms with van der Waals surface area (Å²) in [6.07, 6.45) is 2.70. The summed E-state index contributed by atoms with van der Waals surface area (Å²) < 4.78 is 37.2. The van der Waals surface area contributed by atoms with Gasteiger partial charge in [0.2, 0.25) is 0 Å². The van der Waals surface area contributed by atoms with E-state index < -0.39 is 16.2 Å². The lowest BCUT2D eigenvalue weighted by Gasteiger charge is -2.23. The lowest BCUT2D eigenvalue weighted by Crippen LogP contribution is -2.39. The van der Waals surface area contributed by atoms with Gasteiger partial charge >= 0.3 is 6.09 Å². The number of rotatable bonds is 7. The topological polar surface area (TPSA) is 82.1 Å². The largest absolute Gasteiger partial charge is 0.449 e. The number of amides is 1. The van der Waals surface area contributed by atoms with Crippen molar-refractivity contribution >= 4 is 16.2 Å². The Balaban J connectivity index is 2.57.